The molecule has 0 unspecified atom stereocenters. The summed E-state index contributed by atoms with van der Waals surface area (Å²) in [4.78, 5) is 21.7. The number of carbonyl (C=O) groups is 2. The van der Waals surface area contributed by atoms with Crippen LogP contribution in [0.4, 0.5) is 5.69 Å². The molecule has 3 N–H and O–H groups in total. The van der Waals surface area contributed by atoms with Crippen molar-refractivity contribution in [2.75, 3.05) is 5.32 Å². The lowest BCUT2D eigenvalue weighted by Crippen LogP contribution is -2.13. The minimum Gasteiger partial charge on any atom is -0.478 e. The number of anilines is 1. The molecule has 2 rings (SSSR count). The number of aromatic carboxylic acids is 1. The number of nitrogens with one attached hydrogen (secondary N) is 2. The number of carboxylic acid groups (broad SMARTS) is 1. The van der Waals surface area contributed by atoms with Crippen molar-refractivity contribution >= 4 is 17.6 Å². The molecule has 1 amide bonds. The highest BCUT2D eigenvalue weighted by Gasteiger charge is 2.01. The first-order chi connectivity index (χ1) is 10.5. The SMILES string of the molecule is CC(=O)Nc1ccc(CNCc2ccc(C(=O)O)cc2)cc1. The van der Waals surface area contributed by atoms with Crippen molar-refractivity contribution < 1.29 is 14.7 Å². The van der Waals surface area contributed by atoms with Crippen molar-refractivity contribution in [1.29, 1.82) is 0 Å². The number of hydrogen-bond acceptors (Lipinski definition) is 3. The topological polar surface area (TPSA) is 78.4 Å². The molecule has 5 nitrogen and oxygen atoms in total. The number of carbonyl (C=O) groups excluding carboxylic acids is 1. The van der Waals surface area contributed by atoms with Crippen LogP contribution in [0.25, 0.3) is 0 Å². The Morgan fingerprint density at radius 3 is 1.86 bits per heavy atom. The van der Waals surface area contributed by atoms with Crippen LogP contribution in [0.3, 0.4) is 0 Å². The monoisotopic (exact) mass is 298 g/mol. The maximum Gasteiger partial charge on any atom is 0.335 e. The van der Waals surface area contributed by atoms with E-state index in [0.29, 0.717) is 13.1 Å². The fourth-order valence-corrected chi connectivity index (χ4v) is 2.03. The van der Waals surface area contributed by atoms with Crippen LogP contribution in [-0.4, -0.2) is 17.0 Å². The first-order valence-corrected chi connectivity index (χ1v) is 6.94. The molecule has 2 aromatic carbocycles. The maximum atomic E-state index is 10.9. The second-order valence-corrected chi connectivity index (χ2v) is 4.98. The molecule has 0 saturated heterocycles. The van der Waals surface area contributed by atoms with Crippen molar-refractivity contribution in [3.63, 3.8) is 0 Å². The Morgan fingerprint density at radius 2 is 1.41 bits per heavy atom. The van der Waals surface area contributed by atoms with Gasteiger partial charge in [0.05, 0.1) is 5.56 Å². The van der Waals surface area contributed by atoms with Gasteiger partial charge in [-0.2, -0.15) is 0 Å². The van der Waals surface area contributed by atoms with E-state index in [1.807, 2.05) is 24.3 Å². The van der Waals surface area contributed by atoms with Gasteiger partial charge in [0.1, 0.15) is 0 Å². The lowest BCUT2D eigenvalue weighted by Gasteiger charge is -2.07. The molecule has 0 aliphatic rings. The average molecular weight is 298 g/mol. The van der Waals surface area contributed by atoms with Crippen LogP contribution >= 0.6 is 0 Å². The molecule has 0 atom stereocenters. The summed E-state index contributed by atoms with van der Waals surface area (Å²) in [5, 5.41) is 14.8. The normalized spacial score (nSPS) is 10.2. The van der Waals surface area contributed by atoms with Gasteiger partial charge >= 0.3 is 5.97 Å². The first kappa shape index (κ1) is 15.7. The predicted octanol–water partition coefficient (Wildman–Crippen LogP) is 2.63. The molecule has 0 radical (unpaired) electrons. The van der Waals surface area contributed by atoms with Gasteiger partial charge < -0.3 is 15.7 Å². The Morgan fingerprint density at radius 1 is 0.909 bits per heavy atom. The third-order valence-electron chi connectivity index (χ3n) is 3.13. The van der Waals surface area contributed by atoms with Crippen molar-refractivity contribution in [3.05, 3.63) is 65.2 Å². The lowest BCUT2D eigenvalue weighted by atomic mass is 10.1. The minimum atomic E-state index is -0.918. The van der Waals surface area contributed by atoms with Gasteiger partial charge in [0.2, 0.25) is 5.91 Å². The van der Waals surface area contributed by atoms with Gasteiger partial charge in [0.15, 0.2) is 0 Å². The zero-order valence-electron chi connectivity index (χ0n) is 12.3. The van der Waals surface area contributed by atoms with Gasteiger partial charge in [-0.15, -0.1) is 0 Å². The fourth-order valence-electron chi connectivity index (χ4n) is 2.03. The molecule has 2 aromatic rings. The smallest absolute Gasteiger partial charge is 0.335 e. The Labute approximate surface area is 129 Å². The van der Waals surface area contributed by atoms with Crippen LogP contribution in [0.2, 0.25) is 0 Å². The van der Waals surface area contributed by atoms with Crippen LogP contribution in [0, 0.1) is 0 Å². The van der Waals surface area contributed by atoms with Gasteiger partial charge in [0, 0.05) is 25.7 Å². The lowest BCUT2D eigenvalue weighted by molar-refractivity contribution is -0.114. The summed E-state index contributed by atoms with van der Waals surface area (Å²) in [6, 6.07) is 14.4. The van der Waals surface area contributed by atoms with E-state index in [0.717, 1.165) is 16.8 Å². The molecule has 0 aliphatic heterocycles. The Hall–Kier alpha value is -2.66. The zero-order chi connectivity index (χ0) is 15.9. The van der Waals surface area contributed by atoms with Crippen LogP contribution in [0.5, 0.6) is 0 Å². The van der Waals surface area contributed by atoms with Crippen LogP contribution in [0.1, 0.15) is 28.4 Å². The molecule has 5 heteroatoms. The molecule has 0 fully saturated rings. The van der Waals surface area contributed by atoms with E-state index < -0.39 is 5.97 Å². The van der Waals surface area contributed by atoms with E-state index in [9.17, 15) is 9.59 Å². The summed E-state index contributed by atoms with van der Waals surface area (Å²) < 4.78 is 0. The minimum absolute atomic E-state index is 0.0873. The summed E-state index contributed by atoms with van der Waals surface area (Å²) in [7, 11) is 0. The van der Waals surface area contributed by atoms with Gasteiger partial charge in [-0.3, -0.25) is 4.79 Å². The predicted molar refractivity (Wildman–Crippen MR) is 84.7 cm³/mol. The van der Waals surface area contributed by atoms with Gasteiger partial charge in [0.25, 0.3) is 0 Å². The second-order valence-electron chi connectivity index (χ2n) is 4.98. The largest absolute Gasteiger partial charge is 0.478 e. The molecule has 22 heavy (non-hydrogen) atoms. The summed E-state index contributed by atoms with van der Waals surface area (Å²) >= 11 is 0. The number of benzene rings is 2. The molecule has 0 saturated carbocycles. The highest BCUT2D eigenvalue weighted by Crippen LogP contribution is 2.10. The highest BCUT2D eigenvalue weighted by atomic mass is 16.4. The summed E-state index contributed by atoms with van der Waals surface area (Å²) in [5.41, 5.74) is 3.20. The quantitative estimate of drug-likeness (QED) is 0.766. The van der Waals surface area contributed by atoms with Crippen LogP contribution in [0.15, 0.2) is 48.5 Å². The standard InChI is InChI=1S/C17H18N2O3/c1-12(20)19-16-8-4-14(5-9-16)11-18-10-13-2-6-15(7-3-13)17(21)22/h2-9,18H,10-11H2,1H3,(H,19,20)(H,21,22). The summed E-state index contributed by atoms with van der Waals surface area (Å²) in [6.45, 7) is 2.83. The van der Waals surface area contributed by atoms with Gasteiger partial charge in [-0.05, 0) is 35.4 Å². The number of amides is 1. The molecular weight excluding hydrogens is 280 g/mol. The number of carboxylic acids is 1. The molecule has 114 valence electrons. The Balaban J connectivity index is 1.83. The maximum absolute atomic E-state index is 10.9. The van der Waals surface area contributed by atoms with Crippen LogP contribution < -0.4 is 10.6 Å². The van der Waals surface area contributed by atoms with E-state index in [-0.39, 0.29) is 11.5 Å². The van der Waals surface area contributed by atoms with E-state index >= 15 is 0 Å². The first-order valence-electron chi connectivity index (χ1n) is 6.94. The molecule has 0 aliphatic carbocycles. The summed E-state index contributed by atoms with van der Waals surface area (Å²) in [5.74, 6) is -1.01. The van der Waals surface area contributed by atoms with Gasteiger partial charge in [-0.1, -0.05) is 24.3 Å². The van der Waals surface area contributed by atoms with E-state index in [4.69, 9.17) is 5.11 Å². The Bertz CT molecular complexity index is 649. The average Bonchev–Trinajstić information content (AvgIpc) is 2.49. The number of hydrogen-bond donors (Lipinski definition) is 3. The van der Waals surface area contributed by atoms with Crippen LogP contribution in [-0.2, 0) is 17.9 Å². The zero-order valence-corrected chi connectivity index (χ0v) is 12.3. The Kier molecular flexibility index (Phi) is 5.27. The molecule has 0 bridgehead atoms. The van der Waals surface area contributed by atoms with E-state index in [1.54, 1.807) is 24.3 Å². The fraction of sp³-hybridized carbons (Fsp3) is 0.176. The number of rotatable bonds is 6. The van der Waals surface area contributed by atoms with Crippen molar-refractivity contribution in [2.24, 2.45) is 0 Å². The second kappa shape index (κ2) is 7.38. The molecular formula is C17H18N2O3. The molecule has 0 aromatic heterocycles. The van der Waals surface area contributed by atoms with E-state index in [1.165, 1.54) is 6.92 Å². The highest BCUT2D eigenvalue weighted by molar-refractivity contribution is 5.88. The van der Waals surface area contributed by atoms with Crippen molar-refractivity contribution in [1.82, 2.24) is 5.32 Å². The summed E-state index contributed by atoms with van der Waals surface area (Å²) in [6.07, 6.45) is 0. The van der Waals surface area contributed by atoms with Crippen molar-refractivity contribution in [3.8, 4) is 0 Å². The van der Waals surface area contributed by atoms with Crippen molar-refractivity contribution in [2.45, 2.75) is 20.0 Å². The molecule has 0 spiro atoms. The third kappa shape index (κ3) is 4.71. The van der Waals surface area contributed by atoms with E-state index in [2.05, 4.69) is 10.6 Å². The molecule has 0 heterocycles. The third-order valence-corrected chi connectivity index (χ3v) is 3.13. The van der Waals surface area contributed by atoms with Gasteiger partial charge in [-0.25, -0.2) is 4.79 Å².